The van der Waals surface area contributed by atoms with Crippen LogP contribution in [-0.4, -0.2) is 12.6 Å². The highest BCUT2D eigenvalue weighted by Gasteiger charge is 2.29. The predicted molar refractivity (Wildman–Crippen MR) is 69.6 cm³/mol. The second-order valence-corrected chi connectivity index (χ2v) is 5.38. The lowest BCUT2D eigenvalue weighted by Gasteiger charge is -2.35. The summed E-state index contributed by atoms with van der Waals surface area (Å²) in [5.41, 5.74) is 0.894. The van der Waals surface area contributed by atoms with E-state index in [0.717, 1.165) is 12.1 Å². The molecule has 1 unspecified atom stereocenters. The molecule has 1 aliphatic carbocycles. The maximum absolute atomic E-state index is 13.9. The van der Waals surface area contributed by atoms with Gasteiger partial charge in [0, 0.05) is 18.5 Å². The molecule has 1 aromatic carbocycles. The molecular formula is C15H22FN. The molecule has 1 aromatic rings. The first-order chi connectivity index (χ1) is 8.18. The molecule has 0 heterocycles. The Bertz CT molecular complexity index is 358. The molecule has 17 heavy (non-hydrogen) atoms. The van der Waals surface area contributed by atoms with Crippen LogP contribution in [0.5, 0.6) is 0 Å². The van der Waals surface area contributed by atoms with E-state index in [-0.39, 0.29) is 5.82 Å². The summed E-state index contributed by atoms with van der Waals surface area (Å²) in [4.78, 5) is 0. The molecule has 2 rings (SSSR count). The summed E-state index contributed by atoms with van der Waals surface area (Å²) in [7, 11) is 0. The molecule has 1 N–H and O–H groups in total. The van der Waals surface area contributed by atoms with Gasteiger partial charge >= 0.3 is 0 Å². The predicted octanol–water partition coefficient (Wildman–Crippen LogP) is 3.71. The molecule has 2 heteroatoms. The van der Waals surface area contributed by atoms with E-state index in [9.17, 15) is 4.39 Å². The lowest BCUT2D eigenvalue weighted by Crippen LogP contribution is -2.34. The van der Waals surface area contributed by atoms with E-state index >= 15 is 0 Å². The molecule has 0 aromatic heterocycles. The van der Waals surface area contributed by atoms with Crippen LogP contribution < -0.4 is 5.32 Å². The van der Waals surface area contributed by atoms with Crippen molar-refractivity contribution in [2.45, 2.75) is 45.1 Å². The van der Waals surface area contributed by atoms with Crippen molar-refractivity contribution in [3.05, 3.63) is 35.6 Å². The van der Waals surface area contributed by atoms with Crippen LogP contribution >= 0.6 is 0 Å². The topological polar surface area (TPSA) is 12.0 Å². The van der Waals surface area contributed by atoms with Gasteiger partial charge in [0.1, 0.15) is 5.82 Å². The van der Waals surface area contributed by atoms with Crippen LogP contribution in [0.4, 0.5) is 4.39 Å². The van der Waals surface area contributed by atoms with Crippen molar-refractivity contribution in [3.8, 4) is 0 Å². The van der Waals surface area contributed by atoms with E-state index in [1.807, 2.05) is 12.1 Å². The second-order valence-electron chi connectivity index (χ2n) is 5.38. The fourth-order valence-corrected chi connectivity index (χ4v) is 2.51. The van der Waals surface area contributed by atoms with Gasteiger partial charge in [-0.2, -0.15) is 0 Å². The third kappa shape index (κ3) is 3.06. The Balaban J connectivity index is 2.11. The van der Waals surface area contributed by atoms with Gasteiger partial charge in [0.05, 0.1) is 0 Å². The fraction of sp³-hybridized carbons (Fsp3) is 0.600. The SMILES string of the molecule is CC(C)NCC(c1ccccc1F)C1CCC1. The molecule has 1 atom stereocenters. The number of rotatable bonds is 5. The number of nitrogens with one attached hydrogen (secondary N) is 1. The number of hydrogen-bond acceptors (Lipinski definition) is 1. The Morgan fingerprint density at radius 1 is 1.29 bits per heavy atom. The van der Waals surface area contributed by atoms with E-state index in [1.54, 1.807) is 12.1 Å². The van der Waals surface area contributed by atoms with Gasteiger partial charge in [0.15, 0.2) is 0 Å². The highest BCUT2D eigenvalue weighted by Crippen LogP contribution is 2.39. The summed E-state index contributed by atoms with van der Waals surface area (Å²) in [5, 5.41) is 3.45. The first-order valence-corrected chi connectivity index (χ1v) is 6.66. The van der Waals surface area contributed by atoms with E-state index < -0.39 is 0 Å². The van der Waals surface area contributed by atoms with Gasteiger partial charge in [-0.25, -0.2) is 4.39 Å². The molecule has 0 aliphatic heterocycles. The molecular weight excluding hydrogens is 213 g/mol. The third-order valence-electron chi connectivity index (χ3n) is 3.77. The van der Waals surface area contributed by atoms with Crippen molar-refractivity contribution >= 4 is 0 Å². The highest BCUT2D eigenvalue weighted by atomic mass is 19.1. The summed E-state index contributed by atoms with van der Waals surface area (Å²) in [5.74, 6) is 0.959. The average molecular weight is 235 g/mol. The minimum absolute atomic E-state index is 0.0463. The largest absolute Gasteiger partial charge is 0.314 e. The van der Waals surface area contributed by atoms with Gasteiger partial charge in [0.25, 0.3) is 0 Å². The van der Waals surface area contributed by atoms with Crippen molar-refractivity contribution < 1.29 is 4.39 Å². The van der Waals surface area contributed by atoms with Crippen LogP contribution in [-0.2, 0) is 0 Å². The molecule has 1 saturated carbocycles. The quantitative estimate of drug-likeness (QED) is 0.820. The molecule has 1 fully saturated rings. The third-order valence-corrected chi connectivity index (χ3v) is 3.77. The zero-order chi connectivity index (χ0) is 12.3. The lowest BCUT2D eigenvalue weighted by atomic mass is 9.73. The first-order valence-electron chi connectivity index (χ1n) is 6.66. The van der Waals surface area contributed by atoms with Gasteiger partial charge in [-0.3, -0.25) is 0 Å². The van der Waals surface area contributed by atoms with E-state index in [1.165, 1.54) is 19.3 Å². The second kappa shape index (κ2) is 5.63. The van der Waals surface area contributed by atoms with Crippen molar-refractivity contribution in [3.63, 3.8) is 0 Å². The first kappa shape index (κ1) is 12.6. The van der Waals surface area contributed by atoms with Crippen molar-refractivity contribution in [2.75, 3.05) is 6.54 Å². The number of halogens is 1. The Morgan fingerprint density at radius 2 is 2.00 bits per heavy atom. The van der Waals surface area contributed by atoms with Crippen molar-refractivity contribution in [1.29, 1.82) is 0 Å². The number of hydrogen-bond donors (Lipinski definition) is 1. The van der Waals surface area contributed by atoms with Gasteiger partial charge in [-0.1, -0.05) is 38.5 Å². The summed E-state index contributed by atoms with van der Waals surface area (Å²) in [6.07, 6.45) is 3.80. The van der Waals surface area contributed by atoms with Crippen molar-refractivity contribution in [1.82, 2.24) is 5.32 Å². The smallest absolute Gasteiger partial charge is 0.126 e. The Labute approximate surface area is 103 Å². The molecule has 94 valence electrons. The molecule has 0 bridgehead atoms. The monoisotopic (exact) mass is 235 g/mol. The van der Waals surface area contributed by atoms with Crippen molar-refractivity contribution in [2.24, 2.45) is 5.92 Å². The van der Waals surface area contributed by atoms with Gasteiger partial charge in [-0.15, -0.1) is 0 Å². The molecule has 1 nitrogen and oxygen atoms in total. The molecule has 0 spiro atoms. The Hall–Kier alpha value is -0.890. The van der Waals surface area contributed by atoms with Crippen LogP contribution in [0, 0.1) is 11.7 Å². The summed E-state index contributed by atoms with van der Waals surface area (Å²) < 4.78 is 13.9. The average Bonchev–Trinajstić information content (AvgIpc) is 2.22. The minimum Gasteiger partial charge on any atom is -0.314 e. The van der Waals surface area contributed by atoms with E-state index in [2.05, 4.69) is 19.2 Å². The van der Waals surface area contributed by atoms with E-state index in [4.69, 9.17) is 0 Å². The zero-order valence-corrected chi connectivity index (χ0v) is 10.7. The molecule has 0 amide bonds. The Morgan fingerprint density at radius 3 is 2.53 bits per heavy atom. The number of benzene rings is 1. The summed E-state index contributed by atoms with van der Waals surface area (Å²) in [6, 6.07) is 7.70. The lowest BCUT2D eigenvalue weighted by molar-refractivity contribution is 0.248. The normalized spacial score (nSPS) is 18.1. The molecule has 1 aliphatic rings. The summed E-state index contributed by atoms with van der Waals surface area (Å²) in [6.45, 7) is 5.17. The van der Waals surface area contributed by atoms with Gasteiger partial charge < -0.3 is 5.32 Å². The van der Waals surface area contributed by atoms with Crippen LogP contribution in [0.25, 0.3) is 0 Å². The maximum Gasteiger partial charge on any atom is 0.126 e. The fourth-order valence-electron chi connectivity index (χ4n) is 2.51. The Kier molecular flexibility index (Phi) is 4.16. The van der Waals surface area contributed by atoms with Crippen LogP contribution in [0.2, 0.25) is 0 Å². The summed E-state index contributed by atoms with van der Waals surface area (Å²) >= 11 is 0. The molecule has 0 radical (unpaired) electrons. The standard InChI is InChI=1S/C15H22FN/c1-11(2)17-10-14(12-6-5-7-12)13-8-3-4-9-15(13)16/h3-4,8-9,11-12,14,17H,5-7,10H2,1-2H3. The highest BCUT2D eigenvalue weighted by molar-refractivity contribution is 5.23. The maximum atomic E-state index is 13.9. The van der Waals surface area contributed by atoms with Crippen LogP contribution in [0.1, 0.15) is 44.6 Å². The van der Waals surface area contributed by atoms with Crippen LogP contribution in [0.3, 0.4) is 0 Å². The molecule has 0 saturated heterocycles. The zero-order valence-electron chi connectivity index (χ0n) is 10.7. The van der Waals surface area contributed by atoms with E-state index in [0.29, 0.717) is 17.9 Å². The minimum atomic E-state index is -0.0463. The van der Waals surface area contributed by atoms with Gasteiger partial charge in [-0.05, 0) is 30.4 Å². The van der Waals surface area contributed by atoms with Gasteiger partial charge in [0.2, 0.25) is 0 Å². The van der Waals surface area contributed by atoms with Crippen LogP contribution in [0.15, 0.2) is 24.3 Å².